The Bertz CT molecular complexity index is 402. The normalized spacial score (nSPS) is 14.8. The highest BCUT2D eigenvalue weighted by Crippen LogP contribution is 2.32. The number of aromatic nitrogens is 1. The number of aromatic carboxylic acids is 1. The monoisotopic (exact) mass is 221 g/mol. The van der Waals surface area contributed by atoms with Crippen molar-refractivity contribution in [3.8, 4) is 0 Å². The van der Waals surface area contributed by atoms with Crippen molar-refractivity contribution in [1.82, 2.24) is 4.98 Å². The number of nitrogens with zero attached hydrogens (tertiary/aromatic N) is 1. The number of rotatable bonds is 5. The van der Waals surface area contributed by atoms with Crippen LogP contribution in [0, 0.1) is 5.92 Å². The van der Waals surface area contributed by atoms with Gasteiger partial charge >= 0.3 is 5.97 Å². The van der Waals surface area contributed by atoms with Crippen molar-refractivity contribution in [2.75, 3.05) is 17.6 Å². The van der Waals surface area contributed by atoms with E-state index >= 15 is 0 Å². The first-order valence-electron chi connectivity index (χ1n) is 5.39. The summed E-state index contributed by atoms with van der Waals surface area (Å²) >= 11 is 0. The number of nitrogens with one attached hydrogen (secondary N) is 1. The minimum Gasteiger partial charge on any atom is -0.478 e. The maximum atomic E-state index is 10.9. The lowest BCUT2D eigenvalue weighted by molar-refractivity contribution is 0.0697. The van der Waals surface area contributed by atoms with Crippen LogP contribution in [-0.2, 0) is 0 Å². The lowest BCUT2D eigenvalue weighted by atomic mass is 10.2. The number of carboxylic acid groups (broad SMARTS) is 1. The molecule has 0 aromatic carbocycles. The van der Waals surface area contributed by atoms with Gasteiger partial charge in [-0.1, -0.05) is 12.8 Å². The predicted molar refractivity (Wildman–Crippen MR) is 61.4 cm³/mol. The number of nitrogens with two attached hydrogens (primary N) is 1. The largest absolute Gasteiger partial charge is 0.478 e. The number of carboxylic acids is 1. The van der Waals surface area contributed by atoms with Crippen molar-refractivity contribution in [3.63, 3.8) is 0 Å². The van der Waals surface area contributed by atoms with E-state index in [4.69, 9.17) is 10.8 Å². The Balaban J connectivity index is 2.02. The lowest BCUT2D eigenvalue weighted by Gasteiger charge is -2.08. The summed E-state index contributed by atoms with van der Waals surface area (Å²) < 4.78 is 0. The van der Waals surface area contributed by atoms with Crippen LogP contribution in [0.5, 0.6) is 0 Å². The third-order valence-corrected chi connectivity index (χ3v) is 2.68. The third kappa shape index (κ3) is 2.62. The standard InChI is InChI=1S/C11H15N3O2/c12-8-5-9(11(15)16)10(14-6-8)13-4-3-7-1-2-7/h5-7H,1-4,12H2,(H,13,14)(H,15,16). The highest BCUT2D eigenvalue weighted by atomic mass is 16.4. The van der Waals surface area contributed by atoms with E-state index in [-0.39, 0.29) is 5.56 Å². The molecule has 1 saturated carbocycles. The van der Waals surface area contributed by atoms with Crippen molar-refractivity contribution in [1.29, 1.82) is 0 Å². The maximum absolute atomic E-state index is 10.9. The van der Waals surface area contributed by atoms with Crippen LogP contribution in [0.2, 0.25) is 0 Å². The van der Waals surface area contributed by atoms with Gasteiger partial charge in [0, 0.05) is 6.54 Å². The summed E-state index contributed by atoms with van der Waals surface area (Å²) in [5.74, 6) is 0.214. The molecule has 0 spiro atoms. The number of carbonyl (C=O) groups is 1. The average Bonchev–Trinajstić information content (AvgIpc) is 3.04. The Labute approximate surface area is 93.7 Å². The van der Waals surface area contributed by atoms with Gasteiger partial charge in [0.05, 0.1) is 11.9 Å². The molecule has 5 heteroatoms. The molecule has 1 aromatic heterocycles. The van der Waals surface area contributed by atoms with Crippen molar-refractivity contribution in [3.05, 3.63) is 17.8 Å². The zero-order valence-corrected chi connectivity index (χ0v) is 8.94. The van der Waals surface area contributed by atoms with Crippen LogP contribution in [-0.4, -0.2) is 22.6 Å². The summed E-state index contributed by atoms with van der Waals surface area (Å²) in [6.07, 6.45) is 5.13. The van der Waals surface area contributed by atoms with Gasteiger partial charge in [-0.05, 0) is 18.4 Å². The fourth-order valence-electron chi connectivity index (χ4n) is 1.59. The molecule has 1 aliphatic rings. The molecule has 0 amide bonds. The summed E-state index contributed by atoms with van der Waals surface area (Å²) in [6.45, 7) is 0.766. The fourth-order valence-corrected chi connectivity index (χ4v) is 1.59. The van der Waals surface area contributed by atoms with Gasteiger partial charge in [0.25, 0.3) is 0 Å². The first-order valence-corrected chi connectivity index (χ1v) is 5.39. The highest BCUT2D eigenvalue weighted by Gasteiger charge is 2.20. The van der Waals surface area contributed by atoms with E-state index in [1.807, 2.05) is 0 Å². The van der Waals surface area contributed by atoms with Gasteiger partial charge in [-0.3, -0.25) is 0 Å². The summed E-state index contributed by atoms with van der Waals surface area (Å²) in [4.78, 5) is 14.9. The molecule has 86 valence electrons. The molecule has 16 heavy (non-hydrogen) atoms. The summed E-state index contributed by atoms with van der Waals surface area (Å²) in [5, 5.41) is 12.0. The van der Waals surface area contributed by atoms with E-state index in [0.717, 1.165) is 18.9 Å². The average molecular weight is 221 g/mol. The van der Waals surface area contributed by atoms with Gasteiger partial charge in [-0.15, -0.1) is 0 Å². The minimum atomic E-state index is -1.01. The quantitative estimate of drug-likeness (QED) is 0.702. The van der Waals surface area contributed by atoms with Gasteiger partial charge < -0.3 is 16.2 Å². The second-order valence-electron chi connectivity index (χ2n) is 4.13. The first kappa shape index (κ1) is 10.7. The van der Waals surface area contributed by atoms with Gasteiger partial charge in [0.2, 0.25) is 0 Å². The van der Waals surface area contributed by atoms with E-state index in [9.17, 15) is 4.79 Å². The molecule has 5 nitrogen and oxygen atoms in total. The van der Waals surface area contributed by atoms with Gasteiger partial charge in [-0.2, -0.15) is 0 Å². The molecule has 1 heterocycles. The second kappa shape index (κ2) is 4.38. The van der Waals surface area contributed by atoms with Gasteiger partial charge in [-0.25, -0.2) is 9.78 Å². The van der Waals surface area contributed by atoms with Crippen LogP contribution in [0.1, 0.15) is 29.6 Å². The summed E-state index contributed by atoms with van der Waals surface area (Å²) in [7, 11) is 0. The van der Waals surface area contributed by atoms with Crippen LogP contribution < -0.4 is 11.1 Å². The SMILES string of the molecule is Nc1cnc(NCCC2CC2)c(C(=O)O)c1. The van der Waals surface area contributed by atoms with Crippen LogP contribution in [0.15, 0.2) is 12.3 Å². The zero-order chi connectivity index (χ0) is 11.5. The molecule has 0 aliphatic heterocycles. The predicted octanol–water partition coefficient (Wildman–Crippen LogP) is 1.57. The maximum Gasteiger partial charge on any atom is 0.339 e. The Morgan fingerprint density at radius 1 is 1.62 bits per heavy atom. The van der Waals surface area contributed by atoms with Gasteiger partial charge in [0.1, 0.15) is 11.4 Å². The number of hydrogen-bond acceptors (Lipinski definition) is 4. The van der Waals surface area contributed by atoms with E-state index < -0.39 is 5.97 Å². The van der Waals surface area contributed by atoms with Crippen molar-refractivity contribution in [2.45, 2.75) is 19.3 Å². The summed E-state index contributed by atoms with van der Waals surface area (Å²) in [6, 6.07) is 1.43. The van der Waals surface area contributed by atoms with Crippen LogP contribution in [0.25, 0.3) is 0 Å². The van der Waals surface area contributed by atoms with Crippen LogP contribution in [0.3, 0.4) is 0 Å². The van der Waals surface area contributed by atoms with E-state index in [1.54, 1.807) is 0 Å². The van der Waals surface area contributed by atoms with E-state index in [1.165, 1.54) is 25.1 Å². The molecule has 1 aliphatic carbocycles. The molecule has 0 radical (unpaired) electrons. The lowest BCUT2D eigenvalue weighted by Crippen LogP contribution is -2.10. The molecule has 1 fully saturated rings. The van der Waals surface area contributed by atoms with Gasteiger partial charge in [0.15, 0.2) is 0 Å². The molecular formula is C11H15N3O2. The molecule has 2 rings (SSSR count). The van der Waals surface area contributed by atoms with Crippen molar-refractivity contribution in [2.24, 2.45) is 5.92 Å². The number of anilines is 2. The fraction of sp³-hybridized carbons (Fsp3) is 0.455. The van der Waals surface area contributed by atoms with E-state index in [0.29, 0.717) is 11.5 Å². The molecule has 0 atom stereocenters. The molecule has 0 unspecified atom stereocenters. The van der Waals surface area contributed by atoms with Crippen molar-refractivity contribution < 1.29 is 9.90 Å². The first-order chi connectivity index (χ1) is 7.66. The number of nitrogen functional groups attached to an aromatic ring is 1. The molecule has 1 aromatic rings. The Hall–Kier alpha value is -1.78. The van der Waals surface area contributed by atoms with E-state index in [2.05, 4.69) is 10.3 Å². The highest BCUT2D eigenvalue weighted by molar-refractivity contribution is 5.94. The molecule has 4 N–H and O–H groups in total. The summed E-state index contributed by atoms with van der Waals surface area (Å²) in [5.41, 5.74) is 6.00. The molecular weight excluding hydrogens is 206 g/mol. The number of hydrogen-bond donors (Lipinski definition) is 3. The Morgan fingerprint density at radius 2 is 2.38 bits per heavy atom. The Morgan fingerprint density at radius 3 is 3.00 bits per heavy atom. The Kier molecular flexibility index (Phi) is 2.94. The smallest absolute Gasteiger partial charge is 0.339 e. The second-order valence-corrected chi connectivity index (χ2v) is 4.13. The molecule has 0 bridgehead atoms. The zero-order valence-electron chi connectivity index (χ0n) is 8.94. The van der Waals surface area contributed by atoms with Crippen LogP contribution in [0.4, 0.5) is 11.5 Å². The topological polar surface area (TPSA) is 88.2 Å². The number of pyridine rings is 1. The van der Waals surface area contributed by atoms with Crippen LogP contribution >= 0.6 is 0 Å². The van der Waals surface area contributed by atoms with Crippen molar-refractivity contribution >= 4 is 17.5 Å². The minimum absolute atomic E-state index is 0.135. The molecule has 0 saturated heterocycles. The third-order valence-electron chi connectivity index (χ3n) is 2.68.